The first-order chi connectivity index (χ1) is 12.3. The van der Waals surface area contributed by atoms with Crippen molar-refractivity contribution in [3.63, 3.8) is 0 Å². The number of amides is 1. The van der Waals surface area contributed by atoms with Crippen molar-refractivity contribution in [1.29, 1.82) is 0 Å². The topological polar surface area (TPSA) is 66.5 Å². The van der Waals surface area contributed by atoms with E-state index in [-0.39, 0.29) is 5.91 Å². The first-order valence-corrected chi connectivity index (χ1v) is 12.2. The van der Waals surface area contributed by atoms with Crippen LogP contribution in [0.5, 0.6) is 0 Å². The molecule has 0 radical (unpaired) electrons. The molecule has 1 aliphatic carbocycles. The molecule has 1 aromatic carbocycles. The molecule has 0 bridgehead atoms. The molecule has 1 aromatic rings. The van der Waals surface area contributed by atoms with E-state index in [2.05, 4.69) is 27.9 Å². The lowest BCUT2D eigenvalue weighted by Gasteiger charge is -2.24. The fraction of sp³-hybridized carbons (Fsp3) is 0.632. The summed E-state index contributed by atoms with van der Waals surface area (Å²) in [5.41, 5.74) is 1.61. The molecule has 26 heavy (non-hydrogen) atoms. The van der Waals surface area contributed by atoms with Gasteiger partial charge in [-0.2, -0.15) is 0 Å². The fourth-order valence-electron chi connectivity index (χ4n) is 3.48. The molecule has 1 N–H and O–H groups in total. The third-order valence-corrected chi connectivity index (χ3v) is 6.76. The Kier molecular flexibility index (Phi) is 8.19. The van der Waals surface area contributed by atoms with Crippen LogP contribution in [0.1, 0.15) is 50.5 Å². The van der Waals surface area contributed by atoms with Crippen LogP contribution in [0.2, 0.25) is 0 Å². The normalized spacial score (nSPS) is 15.7. The number of carbonyl (C=O) groups excluding carboxylic acids is 1. The Morgan fingerprint density at radius 1 is 1.27 bits per heavy atom. The highest BCUT2D eigenvalue weighted by Gasteiger charge is 2.20. The van der Waals surface area contributed by atoms with Gasteiger partial charge in [-0.1, -0.05) is 19.3 Å². The first kappa shape index (κ1) is 21.5. The van der Waals surface area contributed by atoms with Crippen molar-refractivity contribution in [2.75, 3.05) is 23.7 Å². The summed E-state index contributed by atoms with van der Waals surface area (Å²) in [7, 11) is -3.38. The quantitative estimate of drug-likeness (QED) is 0.561. The number of anilines is 1. The number of nitrogens with zero attached hydrogens (tertiary/aromatic N) is 1. The highest BCUT2D eigenvalue weighted by molar-refractivity contribution is 14.1. The van der Waals surface area contributed by atoms with Crippen molar-refractivity contribution in [2.45, 2.75) is 51.9 Å². The molecule has 1 saturated carbocycles. The van der Waals surface area contributed by atoms with Gasteiger partial charge in [-0.15, -0.1) is 0 Å². The summed E-state index contributed by atoms with van der Waals surface area (Å²) in [5, 5.41) is 3.02. The average Bonchev–Trinajstić information content (AvgIpc) is 2.58. The number of hydrogen-bond acceptors (Lipinski definition) is 3. The van der Waals surface area contributed by atoms with Crippen molar-refractivity contribution in [3.8, 4) is 0 Å². The van der Waals surface area contributed by atoms with Crippen molar-refractivity contribution >= 4 is 44.2 Å². The van der Waals surface area contributed by atoms with Gasteiger partial charge in [-0.05, 0) is 78.5 Å². The standard InChI is InChI=1S/C19H29IN2O3S/c1-15-13-17(20)10-11-18(15)22(26(2,24)25)12-6-9-19(23)21-14-16-7-4-3-5-8-16/h10-11,13,16H,3-9,12,14H2,1-2H3,(H,21,23). The summed E-state index contributed by atoms with van der Waals surface area (Å²) in [6, 6.07) is 5.70. The molecule has 0 unspecified atom stereocenters. The Bertz CT molecular complexity index is 715. The van der Waals surface area contributed by atoms with E-state index in [1.807, 2.05) is 25.1 Å². The molecule has 0 saturated heterocycles. The van der Waals surface area contributed by atoms with Crippen molar-refractivity contribution in [2.24, 2.45) is 5.92 Å². The lowest BCUT2D eigenvalue weighted by atomic mass is 9.89. The maximum atomic E-state index is 12.2. The maximum absolute atomic E-state index is 12.2. The van der Waals surface area contributed by atoms with E-state index in [0.717, 1.165) is 15.7 Å². The summed E-state index contributed by atoms with van der Waals surface area (Å²) >= 11 is 2.21. The largest absolute Gasteiger partial charge is 0.356 e. The van der Waals surface area contributed by atoms with Gasteiger partial charge in [0.15, 0.2) is 0 Å². The summed E-state index contributed by atoms with van der Waals surface area (Å²) < 4.78 is 26.9. The van der Waals surface area contributed by atoms with Gasteiger partial charge in [-0.3, -0.25) is 9.10 Å². The average molecular weight is 492 g/mol. The van der Waals surface area contributed by atoms with Crippen LogP contribution in [0.4, 0.5) is 5.69 Å². The van der Waals surface area contributed by atoms with Gasteiger partial charge in [0.25, 0.3) is 0 Å². The molecule has 0 atom stereocenters. The highest BCUT2D eigenvalue weighted by atomic mass is 127. The summed E-state index contributed by atoms with van der Waals surface area (Å²) in [4.78, 5) is 12.1. The predicted molar refractivity (Wildman–Crippen MR) is 115 cm³/mol. The van der Waals surface area contributed by atoms with Gasteiger partial charge in [0.05, 0.1) is 11.9 Å². The van der Waals surface area contributed by atoms with Gasteiger partial charge < -0.3 is 5.32 Å². The Morgan fingerprint density at radius 3 is 2.58 bits per heavy atom. The van der Waals surface area contributed by atoms with Crippen LogP contribution in [-0.4, -0.2) is 33.7 Å². The van der Waals surface area contributed by atoms with Gasteiger partial charge in [0, 0.05) is 23.1 Å². The Morgan fingerprint density at radius 2 is 1.96 bits per heavy atom. The van der Waals surface area contributed by atoms with Crippen LogP contribution in [-0.2, 0) is 14.8 Å². The van der Waals surface area contributed by atoms with E-state index in [9.17, 15) is 13.2 Å². The fourth-order valence-corrected chi connectivity index (χ4v) is 5.15. The molecule has 7 heteroatoms. The number of nitrogens with one attached hydrogen (secondary N) is 1. The second-order valence-electron chi connectivity index (χ2n) is 7.18. The molecule has 0 heterocycles. The van der Waals surface area contributed by atoms with Crippen LogP contribution in [0.25, 0.3) is 0 Å². The minimum atomic E-state index is -3.38. The van der Waals surface area contributed by atoms with Crippen molar-refractivity contribution in [1.82, 2.24) is 5.32 Å². The maximum Gasteiger partial charge on any atom is 0.232 e. The molecule has 0 spiro atoms. The Hall–Kier alpha value is -0.830. The minimum absolute atomic E-state index is 0.0170. The van der Waals surface area contributed by atoms with E-state index < -0.39 is 10.0 Å². The third-order valence-electron chi connectivity index (χ3n) is 4.91. The molecule has 1 aliphatic rings. The number of benzene rings is 1. The molecule has 1 fully saturated rings. The van der Waals surface area contributed by atoms with Gasteiger partial charge >= 0.3 is 0 Å². The van der Waals surface area contributed by atoms with Crippen LogP contribution >= 0.6 is 22.6 Å². The Labute approximate surface area is 171 Å². The highest BCUT2D eigenvalue weighted by Crippen LogP contribution is 2.25. The summed E-state index contributed by atoms with van der Waals surface area (Å²) in [6.07, 6.45) is 8.31. The predicted octanol–water partition coefficient (Wildman–Crippen LogP) is 3.84. The number of halogens is 1. The minimum Gasteiger partial charge on any atom is -0.356 e. The number of sulfonamides is 1. The zero-order valence-electron chi connectivity index (χ0n) is 15.6. The van der Waals surface area contributed by atoms with E-state index in [1.54, 1.807) is 0 Å². The van der Waals surface area contributed by atoms with E-state index in [1.165, 1.54) is 42.7 Å². The van der Waals surface area contributed by atoms with E-state index >= 15 is 0 Å². The first-order valence-electron chi connectivity index (χ1n) is 9.28. The molecular weight excluding hydrogens is 463 g/mol. The second-order valence-corrected chi connectivity index (χ2v) is 10.3. The number of rotatable bonds is 8. The van der Waals surface area contributed by atoms with E-state index in [0.29, 0.717) is 31.0 Å². The van der Waals surface area contributed by atoms with Crippen LogP contribution in [0.15, 0.2) is 18.2 Å². The van der Waals surface area contributed by atoms with Gasteiger partial charge in [0.1, 0.15) is 0 Å². The van der Waals surface area contributed by atoms with Crippen LogP contribution in [0, 0.1) is 16.4 Å². The second kappa shape index (κ2) is 9.92. The molecule has 146 valence electrons. The SMILES string of the molecule is Cc1cc(I)ccc1N(CCCC(=O)NCC1CCCCC1)S(C)(=O)=O. The lowest BCUT2D eigenvalue weighted by Crippen LogP contribution is -2.33. The molecule has 5 nitrogen and oxygen atoms in total. The molecule has 1 amide bonds. The monoisotopic (exact) mass is 492 g/mol. The molecule has 2 rings (SSSR count). The Balaban J connectivity index is 1.86. The summed E-state index contributed by atoms with van der Waals surface area (Å²) in [5.74, 6) is 0.623. The van der Waals surface area contributed by atoms with Crippen LogP contribution in [0.3, 0.4) is 0 Å². The van der Waals surface area contributed by atoms with Crippen LogP contribution < -0.4 is 9.62 Å². The number of aryl methyl sites for hydroxylation is 1. The van der Waals surface area contributed by atoms with E-state index in [4.69, 9.17) is 0 Å². The number of hydrogen-bond donors (Lipinski definition) is 1. The van der Waals surface area contributed by atoms with Gasteiger partial charge in [-0.25, -0.2) is 8.42 Å². The molecule has 0 aliphatic heterocycles. The molecular formula is C19H29IN2O3S. The van der Waals surface area contributed by atoms with Crippen molar-refractivity contribution in [3.05, 3.63) is 27.3 Å². The zero-order valence-corrected chi connectivity index (χ0v) is 18.6. The molecule has 0 aromatic heterocycles. The zero-order chi connectivity index (χ0) is 19.2. The number of carbonyl (C=O) groups is 1. The van der Waals surface area contributed by atoms with Gasteiger partial charge in [0.2, 0.25) is 15.9 Å². The smallest absolute Gasteiger partial charge is 0.232 e. The third kappa shape index (κ3) is 6.72. The lowest BCUT2D eigenvalue weighted by molar-refractivity contribution is -0.121. The van der Waals surface area contributed by atoms with Crippen molar-refractivity contribution < 1.29 is 13.2 Å². The summed E-state index contributed by atoms with van der Waals surface area (Å²) in [6.45, 7) is 2.98.